The van der Waals surface area contributed by atoms with Crippen LogP contribution in [0.2, 0.25) is 0 Å². The zero-order valence-electron chi connectivity index (χ0n) is 27.3. The van der Waals surface area contributed by atoms with Gasteiger partial charge in [0.15, 0.2) is 5.69 Å². The number of rotatable bonds is 10. The predicted molar refractivity (Wildman–Crippen MR) is 173 cm³/mol. The number of methoxy groups -OCH3 is 1. The lowest BCUT2D eigenvalue weighted by Gasteiger charge is -2.35. The molecule has 7 nitrogen and oxygen atoms in total. The van der Waals surface area contributed by atoms with E-state index in [0.29, 0.717) is 5.92 Å². The fourth-order valence-corrected chi connectivity index (χ4v) is 3.78. The zero-order chi connectivity index (χ0) is 30.5. The molecule has 1 saturated heterocycles. The minimum atomic E-state index is -0.527. The van der Waals surface area contributed by atoms with Crippen LogP contribution in [0, 0.1) is 0 Å². The van der Waals surface area contributed by atoms with Crippen LogP contribution < -0.4 is 5.73 Å². The van der Waals surface area contributed by atoms with Crippen LogP contribution >= 0.6 is 11.9 Å². The zero-order valence-corrected chi connectivity index (χ0v) is 28.1. The number of hydrogen-bond donors (Lipinski definition) is 1. The van der Waals surface area contributed by atoms with Crippen molar-refractivity contribution >= 4 is 17.9 Å². The fraction of sp³-hybridized carbons (Fsp3) is 0.806. The number of amides is 1. The van der Waals surface area contributed by atoms with Crippen molar-refractivity contribution in [3.63, 3.8) is 0 Å². The van der Waals surface area contributed by atoms with Gasteiger partial charge >= 0.3 is 0 Å². The highest BCUT2D eigenvalue weighted by Crippen LogP contribution is 2.40. The minimum Gasteiger partial charge on any atom is -0.383 e. The number of ether oxygens (including phenoxy) is 1. The van der Waals surface area contributed by atoms with E-state index in [4.69, 9.17) is 15.0 Å². The molecule has 0 unspecified atom stereocenters. The minimum absolute atomic E-state index is 0.229. The first-order valence-corrected chi connectivity index (χ1v) is 16.3. The number of allylic oxidation sites excluding steroid dienone is 1. The largest absolute Gasteiger partial charge is 0.383 e. The van der Waals surface area contributed by atoms with Gasteiger partial charge in [0.2, 0.25) is 0 Å². The Kier molecular flexibility index (Phi) is 33.7. The van der Waals surface area contributed by atoms with E-state index < -0.39 is 5.91 Å². The summed E-state index contributed by atoms with van der Waals surface area (Å²) in [6.45, 7) is 22.6. The summed E-state index contributed by atoms with van der Waals surface area (Å²) in [5.74, 6) is 0.745. The Morgan fingerprint density at radius 1 is 1.18 bits per heavy atom. The van der Waals surface area contributed by atoms with Crippen LogP contribution in [-0.2, 0) is 4.74 Å². The van der Waals surface area contributed by atoms with E-state index in [-0.39, 0.29) is 5.69 Å². The molecule has 0 radical (unpaired) electrons. The van der Waals surface area contributed by atoms with Crippen molar-refractivity contribution in [2.75, 3.05) is 46.7 Å². The van der Waals surface area contributed by atoms with Crippen LogP contribution in [0.1, 0.15) is 128 Å². The number of unbranched alkanes of at least 4 members (excludes halogenated alkanes) is 2. The van der Waals surface area contributed by atoms with Crippen molar-refractivity contribution < 1.29 is 14.1 Å². The Morgan fingerprint density at radius 3 is 2.00 bits per heavy atom. The number of carbonyl (C=O) groups is 1. The summed E-state index contributed by atoms with van der Waals surface area (Å²) in [6.07, 6.45) is 15.3. The number of nitrogens with zero attached hydrogens (tertiary/aromatic N) is 3. The first-order chi connectivity index (χ1) is 18.8. The molecule has 3 rings (SSSR count). The van der Waals surface area contributed by atoms with Gasteiger partial charge in [0.25, 0.3) is 5.91 Å². The molecule has 39 heavy (non-hydrogen) atoms. The maximum absolute atomic E-state index is 10.6. The Hall–Kier alpha value is -1.35. The van der Waals surface area contributed by atoms with Gasteiger partial charge in [-0.1, -0.05) is 97.3 Å². The number of nitrogens with two attached hydrogens (primary N) is 1. The van der Waals surface area contributed by atoms with Crippen molar-refractivity contribution in [1.82, 2.24) is 14.4 Å². The number of aromatic nitrogens is 1. The highest BCUT2D eigenvalue weighted by Gasteiger charge is 2.28. The summed E-state index contributed by atoms with van der Waals surface area (Å²) < 4.78 is 12.4. The highest BCUT2D eigenvalue weighted by molar-refractivity contribution is 7.96. The van der Waals surface area contributed by atoms with Crippen molar-refractivity contribution in [3.05, 3.63) is 30.2 Å². The van der Waals surface area contributed by atoms with Gasteiger partial charge in [-0.05, 0) is 45.4 Å². The van der Waals surface area contributed by atoms with Gasteiger partial charge in [0, 0.05) is 44.8 Å². The summed E-state index contributed by atoms with van der Waals surface area (Å²) in [4.78, 5) is 13.0. The third kappa shape index (κ3) is 25.4. The second-order valence-electron chi connectivity index (χ2n) is 9.33. The van der Waals surface area contributed by atoms with Gasteiger partial charge in [-0.2, -0.15) is 0 Å². The highest BCUT2D eigenvalue weighted by atomic mass is 32.2. The van der Waals surface area contributed by atoms with Gasteiger partial charge in [-0.25, -0.2) is 0 Å². The SMILES string of the molecule is C=CCC.CC.CCC.CCCCC.COCCN(C)C1CCN(SC)CC1.NC(=O)c1cc(C2CC2)on1. The summed E-state index contributed by atoms with van der Waals surface area (Å²) in [5.41, 5.74) is 5.21. The number of primary amides is 1. The van der Waals surface area contributed by atoms with Crippen LogP contribution in [0.3, 0.4) is 0 Å². The molecule has 0 spiro atoms. The molecule has 0 aromatic carbocycles. The molecule has 2 fully saturated rings. The van der Waals surface area contributed by atoms with Crippen LogP contribution in [0.25, 0.3) is 0 Å². The molecule has 2 heterocycles. The lowest BCUT2D eigenvalue weighted by atomic mass is 10.1. The molecule has 1 aliphatic heterocycles. The van der Waals surface area contributed by atoms with Gasteiger partial charge in [-0.15, -0.1) is 6.58 Å². The molecular formula is C31H64N4O3S. The molecule has 1 aromatic heterocycles. The van der Waals surface area contributed by atoms with E-state index >= 15 is 0 Å². The van der Waals surface area contributed by atoms with Crippen LogP contribution in [-0.4, -0.2) is 73.0 Å². The summed E-state index contributed by atoms with van der Waals surface area (Å²) in [6, 6.07) is 2.38. The van der Waals surface area contributed by atoms with Crippen molar-refractivity contribution in [3.8, 4) is 0 Å². The third-order valence-electron chi connectivity index (χ3n) is 5.71. The number of carbonyl (C=O) groups excluding carboxylic acids is 1. The smallest absolute Gasteiger partial charge is 0.270 e. The molecule has 1 amide bonds. The standard InChI is InChI=1S/C10H22N2OS.C7H8N2O2.C5H12.C4H8.C3H8.C2H6/c1-11(8-9-13-2)10-4-6-12(14-3)7-5-10;8-7(10)5-3-6(11-9-5)4-1-2-4;1-3-5-4-2;1-3-4-2;1-3-2;1-2/h10H,4-9H2,1-3H3;3-4H,1-2H2,(H2,8,10);3-5H2,1-2H3;3H,1,4H2,2H3;3H2,1-2H3;1-2H3. The van der Waals surface area contributed by atoms with Gasteiger partial charge in [0.05, 0.1) is 6.61 Å². The lowest BCUT2D eigenvalue weighted by molar-refractivity contribution is 0.0991. The molecule has 0 bridgehead atoms. The molecule has 0 atom stereocenters. The Morgan fingerprint density at radius 2 is 1.69 bits per heavy atom. The summed E-state index contributed by atoms with van der Waals surface area (Å²) in [7, 11) is 3.97. The molecule has 1 saturated carbocycles. The van der Waals surface area contributed by atoms with Crippen LogP contribution in [0.4, 0.5) is 0 Å². The normalized spacial score (nSPS) is 14.4. The van der Waals surface area contributed by atoms with E-state index in [1.807, 2.05) is 31.9 Å². The lowest BCUT2D eigenvalue weighted by Crippen LogP contribution is -2.42. The van der Waals surface area contributed by atoms with E-state index in [1.165, 1.54) is 51.6 Å². The van der Waals surface area contributed by atoms with Gasteiger partial charge < -0.3 is 19.9 Å². The Bertz CT molecular complexity index is 644. The summed E-state index contributed by atoms with van der Waals surface area (Å²) >= 11 is 1.87. The monoisotopic (exact) mass is 572 g/mol. The number of piperidine rings is 1. The maximum atomic E-state index is 10.6. The van der Waals surface area contributed by atoms with Crippen LogP contribution in [0.5, 0.6) is 0 Å². The number of hydrogen-bond acceptors (Lipinski definition) is 7. The molecule has 232 valence electrons. The molecule has 1 aliphatic carbocycles. The Labute approximate surface area is 246 Å². The third-order valence-corrected chi connectivity index (χ3v) is 6.59. The molecule has 1 aromatic rings. The Balaban J connectivity index is -0.000000459. The van der Waals surface area contributed by atoms with E-state index in [0.717, 1.165) is 44.2 Å². The number of likely N-dealkylation sites (N-methyl/N-ethyl adjacent to an activating group) is 1. The average molecular weight is 573 g/mol. The first-order valence-electron chi connectivity index (χ1n) is 15.1. The second kappa shape index (κ2) is 31.2. The molecule has 2 aliphatic rings. The fourth-order valence-electron chi connectivity index (χ4n) is 3.20. The molecule has 8 heteroatoms. The average Bonchev–Trinajstić information content (AvgIpc) is 3.70. The van der Waals surface area contributed by atoms with Gasteiger partial charge in [0.1, 0.15) is 5.76 Å². The summed E-state index contributed by atoms with van der Waals surface area (Å²) in [5, 5.41) is 3.53. The van der Waals surface area contributed by atoms with E-state index in [2.05, 4.69) is 68.9 Å². The van der Waals surface area contributed by atoms with Crippen molar-refractivity contribution in [2.45, 2.75) is 118 Å². The van der Waals surface area contributed by atoms with Crippen LogP contribution in [0.15, 0.2) is 23.2 Å². The first kappa shape index (κ1) is 42.1. The molecule has 2 N–H and O–H groups in total. The van der Waals surface area contributed by atoms with Crippen molar-refractivity contribution in [1.29, 1.82) is 0 Å². The topological polar surface area (TPSA) is 84.8 Å². The molecular weight excluding hydrogens is 508 g/mol. The predicted octanol–water partition coefficient (Wildman–Crippen LogP) is 8.18. The van der Waals surface area contributed by atoms with E-state index in [9.17, 15) is 4.79 Å². The second-order valence-corrected chi connectivity index (χ2v) is 10.2. The quantitative estimate of drug-likeness (QED) is 0.223. The van der Waals surface area contributed by atoms with E-state index in [1.54, 1.807) is 13.2 Å². The van der Waals surface area contributed by atoms with Crippen molar-refractivity contribution in [2.24, 2.45) is 5.73 Å². The maximum Gasteiger partial charge on any atom is 0.270 e. The van der Waals surface area contributed by atoms with Gasteiger partial charge in [-0.3, -0.25) is 9.10 Å².